The lowest BCUT2D eigenvalue weighted by Crippen LogP contribution is -1.99. The summed E-state index contributed by atoms with van der Waals surface area (Å²) < 4.78 is 102. The summed E-state index contributed by atoms with van der Waals surface area (Å²) in [5.41, 5.74) is 7.21. The zero-order chi connectivity index (χ0) is 41.7. The molecule has 0 heterocycles. The van der Waals surface area contributed by atoms with Crippen LogP contribution in [0.15, 0.2) is 149 Å². The molecule has 0 aromatic heterocycles. The highest BCUT2D eigenvalue weighted by atomic mass is 32.2. The fraction of sp³-hybridized carbons (Fsp3) is 0.0270. The standard InChI is InChI=1S/C37H27N7O11S3/c1-19-15-22(6-10-28(19)40-42-30-13-14-33(57(50,51)52)35-26(30)3-2-4-32(35)45)39-41-29-11-12-31(27-18-23(56(47,48)49)7-9-25(27)29)43-44-36-34(58(53,54)55)17-20-16-21(38)5-8-24(20)37(36)46/h2-18,45-46H,38H2,1H3,(H,47,48,49)(H,50,51,52)(H,53,54,55). The lowest BCUT2D eigenvalue weighted by molar-refractivity contribution is 0.472. The van der Waals surface area contributed by atoms with Gasteiger partial charge >= 0.3 is 0 Å². The first-order chi connectivity index (χ1) is 27.3. The Bertz CT molecular complexity index is 3320. The number of rotatable bonds is 9. The van der Waals surface area contributed by atoms with Crippen molar-refractivity contribution in [3.63, 3.8) is 0 Å². The van der Waals surface area contributed by atoms with Crippen molar-refractivity contribution in [3.05, 3.63) is 109 Å². The molecule has 0 amide bonds. The van der Waals surface area contributed by atoms with E-state index in [1.165, 1.54) is 60.7 Å². The van der Waals surface area contributed by atoms with E-state index >= 15 is 0 Å². The minimum absolute atomic E-state index is 0.0429. The lowest BCUT2D eigenvalue weighted by Gasteiger charge is -2.10. The highest BCUT2D eigenvalue weighted by Gasteiger charge is 2.23. The predicted molar refractivity (Wildman–Crippen MR) is 213 cm³/mol. The molecular weight excluding hydrogens is 815 g/mol. The van der Waals surface area contributed by atoms with E-state index < -0.39 is 56.5 Å². The van der Waals surface area contributed by atoms with Gasteiger partial charge in [0, 0.05) is 32.6 Å². The van der Waals surface area contributed by atoms with E-state index in [0.717, 1.165) is 24.3 Å². The molecular formula is C37H27N7O11S3. The molecule has 0 saturated carbocycles. The van der Waals surface area contributed by atoms with Crippen LogP contribution in [0.2, 0.25) is 0 Å². The van der Waals surface area contributed by atoms with Crippen LogP contribution in [0, 0.1) is 6.92 Å². The summed E-state index contributed by atoms with van der Waals surface area (Å²) in [5.74, 6) is -1.01. The van der Waals surface area contributed by atoms with E-state index in [9.17, 15) is 49.1 Å². The highest BCUT2D eigenvalue weighted by Crippen LogP contribution is 2.44. The number of nitrogens with zero attached hydrogens (tertiary/aromatic N) is 6. The van der Waals surface area contributed by atoms with Crippen molar-refractivity contribution in [3.8, 4) is 11.5 Å². The van der Waals surface area contributed by atoms with Gasteiger partial charge in [0.2, 0.25) is 0 Å². The second kappa shape index (κ2) is 14.6. The van der Waals surface area contributed by atoms with Gasteiger partial charge in [-0.2, -0.15) is 35.5 Å². The van der Waals surface area contributed by atoms with E-state index in [2.05, 4.69) is 30.7 Å². The number of phenolic OH excluding ortho intramolecular Hbond substituents is 2. The maximum atomic E-state index is 12.3. The third-order valence-corrected chi connectivity index (χ3v) is 11.4. The summed E-state index contributed by atoms with van der Waals surface area (Å²) in [7, 11) is -14.3. The number of hydrogen-bond donors (Lipinski definition) is 6. The number of benzene rings is 7. The van der Waals surface area contributed by atoms with Crippen molar-refractivity contribution >= 4 is 102 Å². The average molecular weight is 842 g/mol. The minimum atomic E-state index is -4.95. The molecule has 58 heavy (non-hydrogen) atoms. The Balaban J connectivity index is 1.24. The van der Waals surface area contributed by atoms with Crippen LogP contribution in [-0.2, 0) is 30.4 Å². The van der Waals surface area contributed by atoms with Crippen LogP contribution >= 0.6 is 0 Å². The number of fused-ring (bicyclic) bond motifs is 3. The molecule has 0 radical (unpaired) electrons. The van der Waals surface area contributed by atoms with Gasteiger partial charge in [0.15, 0.2) is 5.75 Å². The number of hydrogen-bond acceptors (Lipinski definition) is 15. The molecule has 0 saturated heterocycles. The van der Waals surface area contributed by atoms with Crippen LogP contribution in [0.5, 0.6) is 11.5 Å². The second-order valence-corrected chi connectivity index (χ2v) is 16.8. The van der Waals surface area contributed by atoms with Gasteiger partial charge in [-0.25, -0.2) is 0 Å². The first-order valence-corrected chi connectivity index (χ1v) is 20.8. The average Bonchev–Trinajstić information content (AvgIpc) is 3.15. The molecule has 18 nitrogen and oxygen atoms in total. The van der Waals surface area contributed by atoms with Gasteiger partial charge in [-0.1, -0.05) is 18.2 Å². The number of nitrogens with two attached hydrogens (primary N) is 1. The Labute approximate surface area is 328 Å². The number of phenols is 2. The van der Waals surface area contributed by atoms with Gasteiger partial charge in [-0.3, -0.25) is 13.7 Å². The maximum Gasteiger partial charge on any atom is 0.296 e. The van der Waals surface area contributed by atoms with Crippen LogP contribution < -0.4 is 5.73 Å². The molecule has 0 aliphatic carbocycles. The van der Waals surface area contributed by atoms with Crippen LogP contribution in [0.4, 0.5) is 39.8 Å². The first-order valence-electron chi connectivity index (χ1n) is 16.4. The Morgan fingerprint density at radius 2 is 1.12 bits per heavy atom. The smallest absolute Gasteiger partial charge is 0.296 e. The molecule has 0 unspecified atom stereocenters. The molecule has 7 aromatic carbocycles. The van der Waals surface area contributed by atoms with Crippen LogP contribution in [-0.4, -0.2) is 49.1 Å². The molecule has 0 bridgehead atoms. The van der Waals surface area contributed by atoms with Crippen molar-refractivity contribution in [1.29, 1.82) is 0 Å². The van der Waals surface area contributed by atoms with Gasteiger partial charge < -0.3 is 15.9 Å². The van der Waals surface area contributed by atoms with E-state index in [0.29, 0.717) is 16.9 Å². The van der Waals surface area contributed by atoms with Crippen LogP contribution in [0.25, 0.3) is 32.3 Å². The third-order valence-electron chi connectivity index (χ3n) is 8.80. The summed E-state index contributed by atoms with van der Waals surface area (Å²) in [4.78, 5) is -1.76. The van der Waals surface area contributed by atoms with Crippen LogP contribution in [0.1, 0.15) is 5.56 Å². The summed E-state index contributed by atoms with van der Waals surface area (Å²) in [6.07, 6.45) is 0. The van der Waals surface area contributed by atoms with Gasteiger partial charge in [0.25, 0.3) is 30.4 Å². The number of nitrogen functional groups attached to an aromatic ring is 1. The number of aryl methyl sites for hydroxylation is 1. The maximum absolute atomic E-state index is 12.3. The lowest BCUT2D eigenvalue weighted by atomic mass is 10.1. The molecule has 21 heteroatoms. The monoisotopic (exact) mass is 841 g/mol. The molecule has 294 valence electrons. The van der Waals surface area contributed by atoms with E-state index in [1.54, 1.807) is 25.1 Å². The topological polar surface area (TPSA) is 304 Å². The number of anilines is 1. The molecule has 7 N–H and O–H groups in total. The summed E-state index contributed by atoms with van der Waals surface area (Å²) >= 11 is 0. The van der Waals surface area contributed by atoms with Crippen molar-refractivity contribution in [2.75, 3.05) is 5.73 Å². The van der Waals surface area contributed by atoms with Crippen molar-refractivity contribution in [2.45, 2.75) is 21.6 Å². The minimum Gasteiger partial charge on any atom is -0.507 e. The number of azo groups is 3. The fourth-order valence-corrected chi connectivity index (χ4v) is 7.95. The van der Waals surface area contributed by atoms with E-state index in [-0.39, 0.29) is 60.8 Å². The summed E-state index contributed by atoms with van der Waals surface area (Å²) in [5, 5.41) is 47.3. The zero-order valence-corrected chi connectivity index (χ0v) is 31.9. The van der Waals surface area contributed by atoms with Gasteiger partial charge in [-0.15, -0.1) is 20.5 Å². The molecule has 0 spiro atoms. The molecule has 7 aromatic rings. The first kappa shape index (κ1) is 39.5. The van der Waals surface area contributed by atoms with E-state index in [1.807, 2.05) is 0 Å². The molecule has 7 rings (SSSR count). The molecule has 0 aliphatic heterocycles. The fourth-order valence-electron chi connectivity index (χ4n) is 6.07. The number of aromatic hydroxyl groups is 2. The zero-order valence-electron chi connectivity index (χ0n) is 29.5. The van der Waals surface area contributed by atoms with Gasteiger partial charge in [0.05, 0.1) is 33.3 Å². The summed E-state index contributed by atoms with van der Waals surface area (Å²) in [6.45, 7) is 1.72. The predicted octanol–water partition coefficient (Wildman–Crippen LogP) is 9.43. The molecule has 0 atom stereocenters. The molecule has 0 fully saturated rings. The SMILES string of the molecule is Cc1cc(N=Nc2ccc(N=Nc3c(S(=O)(=O)O)cc4cc(N)ccc4c3O)c3cc(S(=O)(=O)O)ccc23)ccc1N=Nc1ccc(S(=O)(=O)O)c2c(O)cccc12. The Morgan fingerprint density at radius 3 is 1.81 bits per heavy atom. The Morgan fingerprint density at radius 1 is 0.517 bits per heavy atom. The van der Waals surface area contributed by atoms with Crippen LogP contribution in [0.3, 0.4) is 0 Å². The van der Waals surface area contributed by atoms with Gasteiger partial charge in [-0.05, 0) is 103 Å². The Hall–Kier alpha value is -6.75. The van der Waals surface area contributed by atoms with Crippen molar-refractivity contribution in [1.82, 2.24) is 0 Å². The van der Waals surface area contributed by atoms with Gasteiger partial charge in [0.1, 0.15) is 21.2 Å². The Kier molecular flexibility index (Phi) is 9.96. The normalized spacial score (nSPS) is 12.9. The highest BCUT2D eigenvalue weighted by molar-refractivity contribution is 7.86. The third kappa shape index (κ3) is 7.80. The largest absolute Gasteiger partial charge is 0.507 e. The molecule has 0 aliphatic rings. The quantitative estimate of drug-likeness (QED) is 0.0450. The summed E-state index contributed by atoms with van der Waals surface area (Å²) in [6, 6.07) is 23.3. The second-order valence-electron chi connectivity index (χ2n) is 12.6. The van der Waals surface area contributed by atoms with E-state index in [4.69, 9.17) is 5.73 Å². The van der Waals surface area contributed by atoms with Crippen molar-refractivity contribution in [2.24, 2.45) is 30.7 Å². The van der Waals surface area contributed by atoms with Crippen molar-refractivity contribution < 1.29 is 49.1 Å².